The summed E-state index contributed by atoms with van der Waals surface area (Å²) in [4.78, 5) is 14.1. The van der Waals surface area contributed by atoms with Gasteiger partial charge in [-0.1, -0.05) is 17.7 Å². The second-order valence-corrected chi connectivity index (χ2v) is 10.5. The number of anilines is 1. The molecule has 2 N–H and O–H groups in total. The Kier molecular flexibility index (Phi) is 6.28. The number of aliphatic hydroxyl groups excluding tert-OH is 1. The largest absolute Gasteiger partial charge is 0.490 e. The molecule has 3 aliphatic rings. The summed E-state index contributed by atoms with van der Waals surface area (Å²) in [5.41, 5.74) is 3.66. The van der Waals surface area contributed by atoms with Gasteiger partial charge in [0.25, 0.3) is 0 Å². The van der Waals surface area contributed by atoms with Gasteiger partial charge in [0.05, 0.1) is 17.9 Å². The predicted octanol–water partition coefficient (Wildman–Crippen LogP) is 5.31. The van der Waals surface area contributed by atoms with Crippen molar-refractivity contribution in [2.45, 2.75) is 50.4 Å². The molecule has 0 saturated heterocycles. The molecular formula is C27H32ClNO4. The van der Waals surface area contributed by atoms with Crippen LogP contribution in [0.25, 0.3) is 0 Å². The number of ether oxygens (including phenoxy) is 1. The van der Waals surface area contributed by atoms with Crippen molar-refractivity contribution in [1.82, 2.24) is 0 Å². The van der Waals surface area contributed by atoms with Crippen molar-refractivity contribution in [2.75, 3.05) is 31.2 Å². The van der Waals surface area contributed by atoms with Gasteiger partial charge < -0.3 is 19.8 Å². The second kappa shape index (κ2) is 9.19. The summed E-state index contributed by atoms with van der Waals surface area (Å²) in [5, 5.41) is 19.7. The number of aryl methyl sites for hydroxylation is 1. The third kappa shape index (κ3) is 4.33. The number of nitrogens with zero attached hydrogens (tertiary/aromatic N) is 1. The van der Waals surface area contributed by atoms with E-state index in [1.165, 1.54) is 24.0 Å². The van der Waals surface area contributed by atoms with Crippen molar-refractivity contribution in [3.8, 4) is 5.75 Å². The van der Waals surface area contributed by atoms with Gasteiger partial charge in [-0.25, -0.2) is 4.79 Å². The fraction of sp³-hybridized carbons (Fsp3) is 0.519. The first-order chi connectivity index (χ1) is 16.0. The average molecular weight is 470 g/mol. The Morgan fingerprint density at radius 2 is 2.03 bits per heavy atom. The monoisotopic (exact) mass is 469 g/mol. The van der Waals surface area contributed by atoms with Crippen LogP contribution in [0.5, 0.6) is 5.75 Å². The number of rotatable bonds is 6. The van der Waals surface area contributed by atoms with E-state index < -0.39 is 5.97 Å². The maximum atomic E-state index is 11.7. The topological polar surface area (TPSA) is 70.0 Å². The molecule has 0 bridgehead atoms. The van der Waals surface area contributed by atoms with Crippen LogP contribution in [0.2, 0.25) is 5.02 Å². The van der Waals surface area contributed by atoms with Crippen LogP contribution in [0.4, 0.5) is 5.69 Å². The van der Waals surface area contributed by atoms with Crippen molar-refractivity contribution in [3.63, 3.8) is 0 Å². The van der Waals surface area contributed by atoms with E-state index >= 15 is 0 Å². The molecule has 6 heteroatoms. The highest BCUT2D eigenvalue weighted by molar-refractivity contribution is 6.30. The van der Waals surface area contributed by atoms with Crippen LogP contribution < -0.4 is 9.64 Å². The number of carbonyl (C=O) groups is 1. The number of hydrogen-bond acceptors (Lipinski definition) is 4. The Labute approximate surface area is 200 Å². The van der Waals surface area contributed by atoms with E-state index in [2.05, 4.69) is 17.0 Å². The Morgan fingerprint density at radius 1 is 1.18 bits per heavy atom. The van der Waals surface area contributed by atoms with Crippen molar-refractivity contribution in [1.29, 1.82) is 0 Å². The molecule has 2 aromatic carbocycles. The van der Waals surface area contributed by atoms with Crippen molar-refractivity contribution >= 4 is 23.3 Å². The first kappa shape index (κ1) is 22.5. The third-order valence-electron chi connectivity index (χ3n) is 8.05. The molecule has 2 aliphatic carbocycles. The van der Waals surface area contributed by atoms with Crippen LogP contribution in [0.3, 0.4) is 0 Å². The Hall–Kier alpha value is -2.24. The average Bonchev–Trinajstić information content (AvgIpc) is 2.94. The van der Waals surface area contributed by atoms with Crippen LogP contribution in [0.1, 0.15) is 60.0 Å². The summed E-state index contributed by atoms with van der Waals surface area (Å²) in [5.74, 6) is 1.03. The number of benzene rings is 2. The minimum Gasteiger partial charge on any atom is -0.490 e. The highest BCUT2D eigenvalue weighted by Crippen LogP contribution is 2.46. The minimum atomic E-state index is -0.918. The summed E-state index contributed by atoms with van der Waals surface area (Å²) in [6.07, 6.45) is 7.45. The zero-order chi connectivity index (χ0) is 23.0. The Morgan fingerprint density at radius 3 is 2.79 bits per heavy atom. The fourth-order valence-corrected chi connectivity index (χ4v) is 6.34. The van der Waals surface area contributed by atoms with Crippen molar-refractivity contribution in [2.24, 2.45) is 11.8 Å². The molecule has 1 spiro atoms. The lowest BCUT2D eigenvalue weighted by Gasteiger charge is -2.44. The number of halogens is 1. The Bertz CT molecular complexity index is 1040. The number of carboxylic acid groups (broad SMARTS) is 1. The van der Waals surface area contributed by atoms with Gasteiger partial charge in [-0.3, -0.25) is 0 Å². The molecule has 176 valence electrons. The summed E-state index contributed by atoms with van der Waals surface area (Å²) < 4.78 is 6.42. The molecule has 5 nitrogen and oxygen atoms in total. The molecule has 0 amide bonds. The zero-order valence-electron chi connectivity index (χ0n) is 18.9. The van der Waals surface area contributed by atoms with Gasteiger partial charge in [-0.05, 0) is 98.2 Å². The molecule has 1 heterocycles. The van der Waals surface area contributed by atoms with E-state index in [-0.39, 0.29) is 12.0 Å². The number of aromatic carboxylic acids is 1. The molecule has 3 atom stereocenters. The SMILES string of the molecule is O=C(O)c1ccc2c(c1)N(C[C@@H]1CC[C@H]1CCCO)CC1(CCCc3cc(Cl)ccc31)CO2. The van der Waals surface area contributed by atoms with E-state index in [0.29, 0.717) is 24.0 Å². The second-order valence-electron chi connectivity index (χ2n) is 10.1. The zero-order valence-corrected chi connectivity index (χ0v) is 19.7. The van der Waals surface area contributed by atoms with E-state index in [4.69, 9.17) is 16.3 Å². The lowest BCUT2D eigenvalue weighted by Crippen LogP contribution is -2.48. The summed E-state index contributed by atoms with van der Waals surface area (Å²) in [6.45, 7) is 2.52. The van der Waals surface area contributed by atoms with E-state index in [1.807, 2.05) is 12.1 Å². The van der Waals surface area contributed by atoms with Gasteiger partial charge in [-0.15, -0.1) is 0 Å². The molecule has 2 aromatic rings. The maximum Gasteiger partial charge on any atom is 0.335 e. The van der Waals surface area contributed by atoms with Crippen molar-refractivity contribution in [3.05, 3.63) is 58.1 Å². The third-order valence-corrected chi connectivity index (χ3v) is 8.28. The quantitative estimate of drug-likeness (QED) is 0.600. The molecule has 1 unspecified atom stereocenters. The fourth-order valence-electron chi connectivity index (χ4n) is 6.14. The highest BCUT2D eigenvalue weighted by atomic mass is 35.5. The number of hydrogen-bond donors (Lipinski definition) is 2. The van der Waals surface area contributed by atoms with Gasteiger partial charge in [-0.2, -0.15) is 0 Å². The van der Waals surface area contributed by atoms with Gasteiger partial charge in [0, 0.05) is 30.1 Å². The maximum absolute atomic E-state index is 11.7. The standard InChI is InChI=1S/C27H32ClNO4/c28-22-8-9-23-19(13-22)3-1-11-27(23)16-29(15-21-6-5-18(21)4-2-12-30)24-14-20(26(31)32)7-10-25(24)33-17-27/h7-10,13-14,18,21,30H,1-6,11-12,15-17H2,(H,31,32)/t18-,21+,27?/m1/s1. The molecule has 5 rings (SSSR count). The first-order valence-electron chi connectivity index (χ1n) is 12.1. The summed E-state index contributed by atoms with van der Waals surface area (Å²) in [7, 11) is 0. The predicted molar refractivity (Wildman–Crippen MR) is 130 cm³/mol. The van der Waals surface area contributed by atoms with Crippen LogP contribution >= 0.6 is 11.6 Å². The number of fused-ring (bicyclic) bond motifs is 3. The van der Waals surface area contributed by atoms with Crippen LogP contribution in [-0.2, 0) is 11.8 Å². The van der Waals surface area contributed by atoms with E-state index in [9.17, 15) is 15.0 Å². The van der Waals surface area contributed by atoms with Crippen molar-refractivity contribution < 1.29 is 19.7 Å². The molecule has 1 fully saturated rings. The van der Waals surface area contributed by atoms with E-state index in [1.54, 1.807) is 12.1 Å². The smallest absolute Gasteiger partial charge is 0.335 e. The molecular weight excluding hydrogens is 438 g/mol. The lowest BCUT2D eigenvalue weighted by atomic mass is 9.69. The Balaban J connectivity index is 1.51. The summed E-state index contributed by atoms with van der Waals surface area (Å²) >= 11 is 6.32. The molecule has 1 aliphatic heterocycles. The van der Waals surface area contributed by atoms with Gasteiger partial charge in [0.15, 0.2) is 0 Å². The number of aliphatic hydroxyl groups is 1. The molecule has 1 saturated carbocycles. The van der Waals surface area contributed by atoms with Gasteiger partial charge in [0.1, 0.15) is 5.75 Å². The summed E-state index contributed by atoms with van der Waals surface area (Å²) in [6, 6.07) is 11.5. The molecule has 33 heavy (non-hydrogen) atoms. The van der Waals surface area contributed by atoms with Crippen LogP contribution in [0, 0.1) is 11.8 Å². The van der Waals surface area contributed by atoms with Crippen LogP contribution in [0.15, 0.2) is 36.4 Å². The minimum absolute atomic E-state index is 0.148. The normalized spacial score (nSPS) is 26.1. The van der Waals surface area contributed by atoms with Crippen LogP contribution in [-0.4, -0.2) is 42.5 Å². The highest BCUT2D eigenvalue weighted by Gasteiger charge is 2.43. The number of carboxylic acids is 1. The van der Waals surface area contributed by atoms with Gasteiger partial charge >= 0.3 is 5.97 Å². The molecule has 0 radical (unpaired) electrons. The molecule has 0 aromatic heterocycles. The van der Waals surface area contributed by atoms with E-state index in [0.717, 1.165) is 61.7 Å². The van der Waals surface area contributed by atoms with Gasteiger partial charge in [0.2, 0.25) is 0 Å². The first-order valence-corrected chi connectivity index (χ1v) is 12.5. The lowest BCUT2D eigenvalue weighted by molar-refractivity contribution is 0.0697.